The van der Waals surface area contributed by atoms with E-state index in [-0.39, 0.29) is 11.0 Å². The Labute approximate surface area is 104 Å². The minimum Gasteiger partial charge on any atom is -0.569 e. The smallest absolute Gasteiger partial charge is 0.329 e. The van der Waals surface area contributed by atoms with Gasteiger partial charge in [-0.25, -0.2) is 0 Å². The van der Waals surface area contributed by atoms with Crippen LogP contribution in [0.5, 0.6) is 0 Å². The van der Waals surface area contributed by atoms with Gasteiger partial charge >= 0.3 is 11.9 Å². The van der Waals surface area contributed by atoms with Gasteiger partial charge < -0.3 is 15.1 Å². The Morgan fingerprint density at radius 3 is 2.39 bits per heavy atom. The average Bonchev–Trinajstić information content (AvgIpc) is 2.21. The first-order valence-electron chi connectivity index (χ1n) is 5.23. The van der Waals surface area contributed by atoms with Crippen LogP contribution in [-0.2, 0) is 19.2 Å². The second-order valence-electron chi connectivity index (χ2n) is 3.70. The van der Waals surface area contributed by atoms with Crippen LogP contribution in [0.2, 0.25) is 0 Å². The van der Waals surface area contributed by atoms with Gasteiger partial charge in [0.15, 0.2) is 6.54 Å². The number of ether oxygens (including phenoxy) is 1. The van der Waals surface area contributed by atoms with Crippen LogP contribution >= 0.6 is 0 Å². The molecule has 18 heavy (non-hydrogen) atoms. The van der Waals surface area contributed by atoms with Crippen molar-refractivity contribution in [2.75, 3.05) is 6.54 Å². The van der Waals surface area contributed by atoms with Crippen molar-refractivity contribution < 1.29 is 29.2 Å². The zero-order valence-electron chi connectivity index (χ0n) is 10.7. The van der Waals surface area contributed by atoms with Crippen molar-refractivity contribution in [1.82, 2.24) is 5.01 Å². The fourth-order valence-electron chi connectivity index (χ4n) is 0.988. The van der Waals surface area contributed by atoms with E-state index in [9.17, 15) is 14.8 Å². The first kappa shape index (κ1) is 15.9. The van der Waals surface area contributed by atoms with E-state index in [1.165, 1.54) is 13.8 Å². The van der Waals surface area contributed by atoms with Gasteiger partial charge in [0.2, 0.25) is 5.28 Å². The van der Waals surface area contributed by atoms with Gasteiger partial charge in [0, 0.05) is 13.8 Å². The maximum absolute atomic E-state index is 11.5. The molecule has 0 aromatic rings. The molecule has 1 atom stereocenters. The van der Waals surface area contributed by atoms with Crippen molar-refractivity contribution in [3.8, 4) is 0 Å². The van der Waals surface area contributed by atoms with Crippen LogP contribution in [0.1, 0.15) is 27.7 Å². The third kappa shape index (κ3) is 6.51. The lowest BCUT2D eigenvalue weighted by Gasteiger charge is -2.19. The Morgan fingerprint density at radius 2 is 2.00 bits per heavy atom. The van der Waals surface area contributed by atoms with Crippen LogP contribution in [0, 0.1) is 5.21 Å². The molecule has 0 spiro atoms. The SMILES string of the molecule is CC(=O)OC(C)O/N=[N+](/[O-])N(CC(=O)O)C(C)C. The number of hydrazine groups is 1. The third-order valence-corrected chi connectivity index (χ3v) is 1.71. The topological polar surface area (TPSA) is 114 Å². The molecule has 0 aliphatic rings. The van der Waals surface area contributed by atoms with E-state index < -0.39 is 24.8 Å². The van der Waals surface area contributed by atoms with E-state index in [4.69, 9.17) is 5.11 Å². The molecule has 0 aliphatic carbocycles. The summed E-state index contributed by atoms with van der Waals surface area (Å²) in [7, 11) is 0. The Hall–Kier alpha value is -2.06. The summed E-state index contributed by atoms with van der Waals surface area (Å²) in [5, 5.41) is 24.1. The molecule has 0 aliphatic heterocycles. The number of rotatable bonds is 7. The molecule has 1 unspecified atom stereocenters. The average molecular weight is 263 g/mol. The predicted molar refractivity (Wildman–Crippen MR) is 57.8 cm³/mol. The lowest BCUT2D eigenvalue weighted by molar-refractivity contribution is -0.717. The van der Waals surface area contributed by atoms with E-state index >= 15 is 0 Å². The number of carbonyl (C=O) groups is 2. The van der Waals surface area contributed by atoms with Gasteiger partial charge in [-0.2, -0.15) is 0 Å². The standard InChI is InChI=1S/C9H17N3O6/c1-6(2)11(5-9(14)15)12(16)10-18-8(4)17-7(3)13/h6,8H,5H2,1-4H3,(H,14,15)/b12-10+. The van der Waals surface area contributed by atoms with Crippen LogP contribution < -0.4 is 0 Å². The van der Waals surface area contributed by atoms with E-state index in [0.717, 1.165) is 5.01 Å². The van der Waals surface area contributed by atoms with Crippen molar-refractivity contribution in [2.45, 2.75) is 40.0 Å². The maximum atomic E-state index is 11.5. The fraction of sp³-hybridized carbons (Fsp3) is 0.778. The largest absolute Gasteiger partial charge is 0.569 e. The Morgan fingerprint density at radius 1 is 1.44 bits per heavy atom. The highest BCUT2D eigenvalue weighted by molar-refractivity contribution is 5.68. The molecule has 9 nitrogen and oxygen atoms in total. The summed E-state index contributed by atoms with van der Waals surface area (Å²) in [6.45, 7) is 5.28. The van der Waals surface area contributed by atoms with E-state index in [2.05, 4.69) is 14.9 Å². The number of carboxylic acid groups (broad SMARTS) is 1. The van der Waals surface area contributed by atoms with Gasteiger partial charge in [0.05, 0.1) is 11.0 Å². The molecule has 0 amide bonds. The molecule has 0 rings (SSSR count). The molecule has 0 heterocycles. The highest BCUT2D eigenvalue weighted by Crippen LogP contribution is 2.01. The number of esters is 1. The monoisotopic (exact) mass is 263 g/mol. The molecule has 1 N–H and O–H groups in total. The lowest BCUT2D eigenvalue weighted by Crippen LogP contribution is -2.40. The number of aliphatic carboxylic acids is 1. The van der Waals surface area contributed by atoms with Gasteiger partial charge in [-0.15, -0.1) is 5.01 Å². The van der Waals surface area contributed by atoms with Crippen molar-refractivity contribution >= 4 is 11.9 Å². The Balaban J connectivity index is 4.51. The fourth-order valence-corrected chi connectivity index (χ4v) is 0.988. The second-order valence-corrected chi connectivity index (χ2v) is 3.70. The van der Waals surface area contributed by atoms with Crippen LogP contribution in [0.4, 0.5) is 0 Å². The number of nitrogens with zero attached hydrogens (tertiary/aromatic N) is 3. The zero-order valence-corrected chi connectivity index (χ0v) is 10.7. The van der Waals surface area contributed by atoms with Gasteiger partial charge in [0.25, 0.3) is 6.29 Å². The summed E-state index contributed by atoms with van der Waals surface area (Å²) >= 11 is 0. The first-order chi connectivity index (χ1) is 8.23. The van der Waals surface area contributed by atoms with E-state index in [1.807, 2.05) is 0 Å². The highest BCUT2D eigenvalue weighted by Gasteiger charge is 2.21. The molecule has 0 fully saturated rings. The van der Waals surface area contributed by atoms with Crippen LogP contribution in [0.25, 0.3) is 0 Å². The molecular formula is C9H17N3O6. The molecular weight excluding hydrogens is 246 g/mol. The normalized spacial score (nSPS) is 13.1. The van der Waals surface area contributed by atoms with Crippen molar-refractivity contribution in [2.24, 2.45) is 5.28 Å². The molecule has 0 aromatic heterocycles. The van der Waals surface area contributed by atoms with E-state index in [1.54, 1.807) is 13.8 Å². The van der Waals surface area contributed by atoms with E-state index in [0.29, 0.717) is 0 Å². The van der Waals surface area contributed by atoms with Crippen LogP contribution in [-0.4, -0.2) is 45.9 Å². The predicted octanol–water partition coefficient (Wildman–Crippen LogP) is 0.500. The first-order valence-corrected chi connectivity index (χ1v) is 5.23. The van der Waals surface area contributed by atoms with Crippen molar-refractivity contribution in [3.63, 3.8) is 0 Å². The molecule has 0 saturated heterocycles. The molecule has 0 aromatic carbocycles. The summed E-state index contributed by atoms with van der Waals surface area (Å²) in [5.41, 5.74) is 0. The molecule has 0 radical (unpaired) electrons. The molecule has 0 saturated carbocycles. The summed E-state index contributed by atoms with van der Waals surface area (Å²) in [6.07, 6.45) is -1.03. The zero-order chi connectivity index (χ0) is 14.3. The number of carboxylic acids is 1. The number of hydrogen-bond donors (Lipinski definition) is 1. The van der Waals surface area contributed by atoms with Gasteiger partial charge in [0.1, 0.15) is 0 Å². The summed E-state index contributed by atoms with van der Waals surface area (Å²) in [5.74, 6) is -1.76. The van der Waals surface area contributed by atoms with Crippen molar-refractivity contribution in [1.29, 1.82) is 0 Å². The highest BCUT2D eigenvalue weighted by atomic mass is 16.8. The Kier molecular flexibility index (Phi) is 6.47. The molecule has 9 heteroatoms. The summed E-state index contributed by atoms with van der Waals surface area (Å²) in [4.78, 5) is 25.7. The molecule has 104 valence electrons. The summed E-state index contributed by atoms with van der Waals surface area (Å²) < 4.78 is 4.57. The van der Waals surface area contributed by atoms with Gasteiger partial charge in [-0.05, 0) is 13.8 Å². The molecule has 0 bridgehead atoms. The van der Waals surface area contributed by atoms with Crippen molar-refractivity contribution in [3.05, 3.63) is 5.21 Å². The van der Waals surface area contributed by atoms with Crippen LogP contribution in [0.15, 0.2) is 5.28 Å². The quantitative estimate of drug-likeness (QED) is 0.234. The number of hydrogen-bond acceptors (Lipinski definition) is 6. The Bertz CT molecular complexity index is 330. The third-order valence-electron chi connectivity index (χ3n) is 1.71. The minimum absolute atomic E-state index is 0.0127. The van der Waals surface area contributed by atoms with Gasteiger partial charge in [-0.3, -0.25) is 14.4 Å². The number of carbonyl (C=O) groups excluding carboxylic acids is 1. The minimum atomic E-state index is -1.17. The summed E-state index contributed by atoms with van der Waals surface area (Å²) in [6, 6.07) is -0.380. The maximum Gasteiger partial charge on any atom is 0.329 e. The second kappa shape index (κ2) is 7.30. The van der Waals surface area contributed by atoms with Crippen LogP contribution in [0.3, 0.4) is 0 Å². The van der Waals surface area contributed by atoms with Gasteiger partial charge in [-0.1, -0.05) is 0 Å². The lowest BCUT2D eigenvalue weighted by atomic mass is 10.4.